The van der Waals surface area contributed by atoms with E-state index in [-0.39, 0.29) is 5.82 Å². The minimum absolute atomic E-state index is 0.287. The van der Waals surface area contributed by atoms with Crippen molar-refractivity contribution in [2.24, 2.45) is 5.73 Å². The van der Waals surface area contributed by atoms with Gasteiger partial charge in [-0.2, -0.15) is 0 Å². The molecule has 15 heavy (non-hydrogen) atoms. The normalized spacial score (nSPS) is 16.9. The molecule has 0 amide bonds. The van der Waals surface area contributed by atoms with Gasteiger partial charge in [0.25, 0.3) is 0 Å². The quantitative estimate of drug-likeness (QED) is 0.806. The van der Waals surface area contributed by atoms with Crippen molar-refractivity contribution in [1.29, 1.82) is 0 Å². The Hall–Kier alpha value is -1.35. The number of benzene rings is 1. The van der Waals surface area contributed by atoms with Crippen LogP contribution >= 0.6 is 0 Å². The molecule has 0 unspecified atom stereocenters. The van der Waals surface area contributed by atoms with Crippen molar-refractivity contribution in [3.63, 3.8) is 0 Å². The molecule has 0 bridgehead atoms. The van der Waals surface area contributed by atoms with Gasteiger partial charge in [-0.05, 0) is 41.7 Å². The second-order valence-electron chi connectivity index (χ2n) is 3.61. The molecule has 1 aromatic rings. The van der Waals surface area contributed by atoms with Crippen LogP contribution in [0.25, 0.3) is 5.57 Å². The van der Waals surface area contributed by atoms with Gasteiger partial charge in [0.2, 0.25) is 0 Å². The van der Waals surface area contributed by atoms with Crippen molar-refractivity contribution in [3.05, 3.63) is 35.2 Å². The fourth-order valence-electron chi connectivity index (χ4n) is 2.02. The van der Waals surface area contributed by atoms with Crippen LogP contribution in [0.3, 0.4) is 0 Å². The molecule has 0 heterocycles. The Kier molecular flexibility index (Phi) is 2.73. The minimum Gasteiger partial charge on any atom is -0.494 e. The van der Waals surface area contributed by atoms with E-state index in [2.05, 4.69) is 0 Å². The molecule has 0 saturated carbocycles. The molecule has 3 heteroatoms. The zero-order chi connectivity index (χ0) is 10.8. The van der Waals surface area contributed by atoms with Crippen LogP contribution < -0.4 is 10.5 Å². The van der Waals surface area contributed by atoms with Crippen molar-refractivity contribution < 1.29 is 9.13 Å². The SMILES string of the molecule is COc1cc2c(cc1F)CC/C2=C\CN. The summed E-state index contributed by atoms with van der Waals surface area (Å²) in [5, 5.41) is 0. The third-order valence-electron chi connectivity index (χ3n) is 2.75. The van der Waals surface area contributed by atoms with E-state index in [1.54, 1.807) is 12.1 Å². The number of hydrogen-bond acceptors (Lipinski definition) is 2. The molecule has 0 atom stereocenters. The smallest absolute Gasteiger partial charge is 0.165 e. The first-order valence-electron chi connectivity index (χ1n) is 5.02. The van der Waals surface area contributed by atoms with Crippen molar-refractivity contribution in [2.45, 2.75) is 12.8 Å². The van der Waals surface area contributed by atoms with Gasteiger partial charge in [0.1, 0.15) is 0 Å². The maximum absolute atomic E-state index is 13.4. The average molecular weight is 207 g/mol. The lowest BCUT2D eigenvalue weighted by molar-refractivity contribution is 0.386. The Morgan fingerprint density at radius 3 is 2.93 bits per heavy atom. The third kappa shape index (κ3) is 1.75. The first-order valence-corrected chi connectivity index (χ1v) is 5.02. The number of methoxy groups -OCH3 is 1. The van der Waals surface area contributed by atoms with Crippen LogP contribution in [0.2, 0.25) is 0 Å². The van der Waals surface area contributed by atoms with Gasteiger partial charge in [-0.15, -0.1) is 0 Å². The fourth-order valence-corrected chi connectivity index (χ4v) is 2.02. The summed E-state index contributed by atoms with van der Waals surface area (Å²) in [7, 11) is 1.48. The minimum atomic E-state index is -0.287. The van der Waals surface area contributed by atoms with Gasteiger partial charge < -0.3 is 10.5 Å². The maximum Gasteiger partial charge on any atom is 0.165 e. The van der Waals surface area contributed by atoms with Crippen molar-refractivity contribution in [1.82, 2.24) is 0 Å². The van der Waals surface area contributed by atoms with Gasteiger partial charge in [-0.25, -0.2) is 4.39 Å². The second-order valence-corrected chi connectivity index (χ2v) is 3.61. The average Bonchev–Trinajstić information content (AvgIpc) is 2.60. The summed E-state index contributed by atoms with van der Waals surface area (Å²) in [6.45, 7) is 0.522. The van der Waals surface area contributed by atoms with Gasteiger partial charge >= 0.3 is 0 Å². The predicted molar refractivity (Wildman–Crippen MR) is 58.3 cm³/mol. The van der Waals surface area contributed by atoms with E-state index in [1.165, 1.54) is 12.7 Å². The topological polar surface area (TPSA) is 35.2 Å². The van der Waals surface area contributed by atoms with Crippen molar-refractivity contribution >= 4 is 5.57 Å². The molecule has 2 nitrogen and oxygen atoms in total. The fraction of sp³-hybridized carbons (Fsp3) is 0.333. The zero-order valence-corrected chi connectivity index (χ0v) is 8.72. The summed E-state index contributed by atoms with van der Waals surface area (Å²) >= 11 is 0. The van der Waals surface area contributed by atoms with Crippen LogP contribution in [0.4, 0.5) is 4.39 Å². The molecule has 1 aliphatic carbocycles. The van der Waals surface area contributed by atoms with Crippen LogP contribution in [0, 0.1) is 5.82 Å². The summed E-state index contributed by atoms with van der Waals surface area (Å²) in [6.07, 6.45) is 3.82. The summed E-state index contributed by atoms with van der Waals surface area (Å²) in [5.41, 5.74) is 8.82. The Morgan fingerprint density at radius 2 is 2.27 bits per heavy atom. The first kappa shape index (κ1) is 10.2. The molecule has 80 valence electrons. The Balaban J connectivity index is 2.49. The van der Waals surface area contributed by atoms with E-state index in [4.69, 9.17) is 10.5 Å². The van der Waals surface area contributed by atoms with E-state index >= 15 is 0 Å². The Morgan fingerprint density at radius 1 is 1.47 bits per heavy atom. The van der Waals surface area contributed by atoms with Gasteiger partial charge in [-0.1, -0.05) is 6.08 Å². The van der Waals surface area contributed by atoms with Crippen LogP contribution in [0.5, 0.6) is 5.75 Å². The summed E-state index contributed by atoms with van der Waals surface area (Å²) < 4.78 is 18.4. The number of ether oxygens (including phenoxy) is 1. The maximum atomic E-state index is 13.4. The van der Waals surface area contributed by atoms with E-state index < -0.39 is 0 Å². The third-order valence-corrected chi connectivity index (χ3v) is 2.75. The van der Waals surface area contributed by atoms with Gasteiger partial charge in [0, 0.05) is 6.54 Å². The number of aryl methyl sites for hydroxylation is 1. The van der Waals surface area contributed by atoms with Gasteiger partial charge in [0.15, 0.2) is 11.6 Å². The summed E-state index contributed by atoms with van der Waals surface area (Å²) in [6, 6.07) is 3.32. The highest BCUT2D eigenvalue weighted by atomic mass is 19.1. The molecule has 0 spiro atoms. The van der Waals surface area contributed by atoms with Gasteiger partial charge in [-0.3, -0.25) is 0 Å². The number of halogens is 1. The summed E-state index contributed by atoms with van der Waals surface area (Å²) in [5.74, 6) is 0.0174. The molecule has 0 fully saturated rings. The highest BCUT2D eigenvalue weighted by molar-refractivity contribution is 5.73. The van der Waals surface area contributed by atoms with Gasteiger partial charge in [0.05, 0.1) is 7.11 Å². The van der Waals surface area contributed by atoms with Crippen LogP contribution in [-0.4, -0.2) is 13.7 Å². The summed E-state index contributed by atoms with van der Waals surface area (Å²) in [4.78, 5) is 0. The molecule has 0 aliphatic heterocycles. The lowest BCUT2D eigenvalue weighted by atomic mass is 10.1. The van der Waals surface area contributed by atoms with E-state index in [1.807, 2.05) is 6.08 Å². The second kappa shape index (κ2) is 4.03. The lowest BCUT2D eigenvalue weighted by Crippen LogP contribution is -1.95. The van der Waals surface area contributed by atoms with Crippen molar-refractivity contribution in [2.75, 3.05) is 13.7 Å². The van der Waals surface area contributed by atoms with Crippen LogP contribution in [0.1, 0.15) is 17.5 Å². The highest BCUT2D eigenvalue weighted by Crippen LogP contribution is 2.35. The van der Waals surface area contributed by atoms with E-state index in [0.29, 0.717) is 12.3 Å². The highest BCUT2D eigenvalue weighted by Gasteiger charge is 2.18. The van der Waals surface area contributed by atoms with E-state index in [0.717, 1.165) is 24.0 Å². The molecule has 1 aliphatic rings. The zero-order valence-electron chi connectivity index (χ0n) is 8.72. The molecule has 0 saturated heterocycles. The number of rotatable bonds is 2. The molecule has 0 radical (unpaired) electrons. The lowest BCUT2D eigenvalue weighted by Gasteiger charge is -2.06. The Bertz CT molecular complexity index is 412. The Labute approximate surface area is 88.5 Å². The monoisotopic (exact) mass is 207 g/mol. The molecule has 0 aromatic heterocycles. The number of hydrogen-bond donors (Lipinski definition) is 1. The molecule has 1 aromatic carbocycles. The molecular weight excluding hydrogens is 193 g/mol. The molecule has 2 rings (SSSR count). The predicted octanol–water partition coefficient (Wildman–Crippen LogP) is 2.12. The largest absolute Gasteiger partial charge is 0.494 e. The van der Waals surface area contributed by atoms with Crippen LogP contribution in [-0.2, 0) is 6.42 Å². The van der Waals surface area contributed by atoms with E-state index in [9.17, 15) is 4.39 Å². The van der Waals surface area contributed by atoms with Crippen molar-refractivity contribution in [3.8, 4) is 5.75 Å². The number of nitrogens with two attached hydrogens (primary N) is 1. The molecular formula is C12H14FNO. The molecule has 2 N–H and O–H groups in total. The first-order chi connectivity index (χ1) is 7.26. The number of fused-ring (bicyclic) bond motifs is 1. The van der Waals surface area contributed by atoms with Crippen LogP contribution in [0.15, 0.2) is 18.2 Å². The number of allylic oxidation sites excluding steroid dienone is 1. The standard InChI is InChI=1S/C12H14FNO/c1-15-12-7-10-8(4-5-14)2-3-9(10)6-11(12)13/h4,6-7H,2-3,5,14H2,1H3/b8-4+.